The molecule has 0 aliphatic heterocycles. The van der Waals surface area contributed by atoms with Gasteiger partial charge in [0.25, 0.3) is 5.91 Å². The topological polar surface area (TPSA) is 128 Å². The molecule has 0 aliphatic rings. The van der Waals surface area contributed by atoms with Crippen LogP contribution in [0.5, 0.6) is 0 Å². The maximum Gasteiger partial charge on any atom is 0.340 e. The summed E-state index contributed by atoms with van der Waals surface area (Å²) in [4.78, 5) is 48.3. The Morgan fingerprint density at radius 1 is 0.970 bits per heavy atom. The number of ether oxygens (including phenoxy) is 1. The van der Waals surface area contributed by atoms with Crippen molar-refractivity contribution in [2.45, 2.75) is 13.5 Å². The number of carbonyl (C=O) groups excluding carboxylic acids is 3. The SMILES string of the molecule is CC(=O)Nc1ccc2c(COC(=O)c3ccccc3NC(=O)c3ccco3)cc(=O)oc2c1. The molecule has 9 heteroatoms. The van der Waals surface area contributed by atoms with Crippen molar-refractivity contribution >= 4 is 40.1 Å². The molecule has 2 aromatic carbocycles. The van der Waals surface area contributed by atoms with Crippen molar-refractivity contribution in [1.29, 1.82) is 0 Å². The van der Waals surface area contributed by atoms with E-state index in [-0.39, 0.29) is 35.1 Å². The predicted molar refractivity (Wildman–Crippen MR) is 119 cm³/mol. The van der Waals surface area contributed by atoms with Gasteiger partial charge in [0.15, 0.2) is 5.76 Å². The Morgan fingerprint density at radius 3 is 2.55 bits per heavy atom. The third-order valence-corrected chi connectivity index (χ3v) is 4.65. The molecule has 0 saturated heterocycles. The van der Waals surface area contributed by atoms with Crippen LogP contribution in [0, 0.1) is 0 Å². The van der Waals surface area contributed by atoms with E-state index >= 15 is 0 Å². The lowest BCUT2D eigenvalue weighted by atomic mass is 10.1. The highest BCUT2D eigenvalue weighted by Crippen LogP contribution is 2.23. The molecule has 4 aromatic rings. The lowest BCUT2D eigenvalue weighted by molar-refractivity contribution is -0.114. The smallest absolute Gasteiger partial charge is 0.340 e. The van der Waals surface area contributed by atoms with Gasteiger partial charge in [-0.3, -0.25) is 9.59 Å². The molecule has 0 unspecified atom stereocenters. The molecule has 166 valence electrons. The average Bonchev–Trinajstić information content (AvgIpc) is 3.32. The quantitative estimate of drug-likeness (QED) is 0.339. The lowest BCUT2D eigenvalue weighted by Crippen LogP contribution is -2.15. The van der Waals surface area contributed by atoms with Gasteiger partial charge < -0.3 is 24.2 Å². The van der Waals surface area contributed by atoms with E-state index in [1.165, 1.54) is 37.5 Å². The van der Waals surface area contributed by atoms with Gasteiger partial charge in [0.05, 0.1) is 17.5 Å². The van der Waals surface area contributed by atoms with Crippen molar-refractivity contribution in [2.24, 2.45) is 0 Å². The van der Waals surface area contributed by atoms with Gasteiger partial charge in [-0.25, -0.2) is 9.59 Å². The minimum Gasteiger partial charge on any atom is -0.459 e. The predicted octanol–water partition coefficient (Wildman–Crippen LogP) is 3.95. The lowest BCUT2D eigenvalue weighted by Gasteiger charge is -2.11. The van der Waals surface area contributed by atoms with Crippen molar-refractivity contribution in [3.8, 4) is 0 Å². The van der Waals surface area contributed by atoms with E-state index < -0.39 is 17.5 Å². The monoisotopic (exact) mass is 446 g/mol. The molecule has 0 saturated carbocycles. The van der Waals surface area contributed by atoms with E-state index in [0.717, 1.165) is 0 Å². The van der Waals surface area contributed by atoms with Crippen LogP contribution in [0.15, 0.2) is 80.6 Å². The number of benzene rings is 2. The van der Waals surface area contributed by atoms with Crippen molar-refractivity contribution in [3.63, 3.8) is 0 Å². The van der Waals surface area contributed by atoms with E-state index in [1.54, 1.807) is 36.4 Å². The number of hydrogen-bond acceptors (Lipinski definition) is 7. The van der Waals surface area contributed by atoms with Crippen LogP contribution in [-0.2, 0) is 16.1 Å². The Labute approximate surface area is 187 Å². The summed E-state index contributed by atoms with van der Waals surface area (Å²) in [5, 5.41) is 5.78. The van der Waals surface area contributed by atoms with E-state index in [2.05, 4.69) is 10.6 Å². The Morgan fingerprint density at radius 2 is 1.79 bits per heavy atom. The molecule has 0 spiro atoms. The average molecular weight is 446 g/mol. The highest BCUT2D eigenvalue weighted by molar-refractivity contribution is 6.06. The summed E-state index contributed by atoms with van der Waals surface area (Å²) in [6.45, 7) is 1.16. The van der Waals surface area contributed by atoms with Gasteiger partial charge in [0, 0.05) is 35.7 Å². The fourth-order valence-electron chi connectivity index (χ4n) is 3.21. The maximum atomic E-state index is 12.8. The molecule has 0 atom stereocenters. The molecule has 9 nitrogen and oxygen atoms in total. The second-order valence-corrected chi connectivity index (χ2v) is 7.04. The summed E-state index contributed by atoms with van der Waals surface area (Å²) >= 11 is 0. The van der Waals surface area contributed by atoms with Crippen molar-refractivity contribution in [3.05, 3.63) is 94.2 Å². The van der Waals surface area contributed by atoms with Gasteiger partial charge in [0.1, 0.15) is 12.2 Å². The van der Waals surface area contributed by atoms with Crippen LogP contribution >= 0.6 is 0 Å². The van der Waals surface area contributed by atoms with E-state index in [9.17, 15) is 19.2 Å². The molecule has 2 N–H and O–H groups in total. The van der Waals surface area contributed by atoms with Gasteiger partial charge in [0.2, 0.25) is 5.91 Å². The summed E-state index contributed by atoms with van der Waals surface area (Å²) in [7, 11) is 0. The van der Waals surface area contributed by atoms with Crippen LogP contribution in [0.25, 0.3) is 11.0 Å². The fraction of sp³-hybridized carbons (Fsp3) is 0.0833. The van der Waals surface area contributed by atoms with Gasteiger partial charge >= 0.3 is 11.6 Å². The summed E-state index contributed by atoms with van der Waals surface area (Å²) in [5.41, 5.74) is 0.902. The number of rotatable bonds is 6. The molecule has 2 heterocycles. The van der Waals surface area contributed by atoms with E-state index in [1.807, 2.05) is 0 Å². The van der Waals surface area contributed by atoms with Crippen molar-refractivity contribution in [1.82, 2.24) is 0 Å². The number of esters is 1. The van der Waals surface area contributed by atoms with E-state index in [4.69, 9.17) is 13.6 Å². The van der Waals surface area contributed by atoms with Gasteiger partial charge in [-0.05, 0) is 36.4 Å². The number of carbonyl (C=O) groups is 3. The number of hydrogen-bond donors (Lipinski definition) is 2. The summed E-state index contributed by atoms with van der Waals surface area (Å²) in [6.07, 6.45) is 1.37. The Balaban J connectivity index is 1.54. The number of furan rings is 1. The van der Waals surface area contributed by atoms with Crippen LogP contribution in [0.3, 0.4) is 0 Å². The number of nitrogens with one attached hydrogen (secondary N) is 2. The number of anilines is 2. The molecule has 0 aliphatic carbocycles. The minimum absolute atomic E-state index is 0.0966. The van der Waals surface area contributed by atoms with Crippen molar-refractivity contribution in [2.75, 3.05) is 10.6 Å². The van der Waals surface area contributed by atoms with Crippen LogP contribution in [-0.4, -0.2) is 17.8 Å². The standard InChI is InChI=1S/C24H18N2O7/c1-14(27)25-16-8-9-17-15(11-22(28)33-21(17)12-16)13-32-24(30)18-5-2-3-6-19(18)26-23(29)20-7-4-10-31-20/h2-12H,13H2,1H3,(H,25,27)(H,26,29). The van der Waals surface area contributed by atoms with Crippen LogP contribution in [0.1, 0.15) is 33.4 Å². The largest absolute Gasteiger partial charge is 0.459 e. The molecular formula is C24H18N2O7. The first kappa shape index (κ1) is 21.6. The molecule has 0 fully saturated rings. The van der Waals surface area contributed by atoms with Gasteiger partial charge in [-0.1, -0.05) is 12.1 Å². The summed E-state index contributed by atoms with van der Waals surface area (Å²) in [6, 6.07) is 15.5. The molecule has 0 radical (unpaired) electrons. The van der Waals surface area contributed by atoms with Gasteiger partial charge in [-0.2, -0.15) is 0 Å². The third-order valence-electron chi connectivity index (χ3n) is 4.65. The summed E-state index contributed by atoms with van der Waals surface area (Å²) < 4.78 is 15.7. The molecule has 4 rings (SSSR count). The Bertz CT molecular complexity index is 1400. The third kappa shape index (κ3) is 4.99. The molecule has 2 aromatic heterocycles. The first-order chi connectivity index (χ1) is 15.9. The van der Waals surface area contributed by atoms with Crippen LogP contribution in [0.4, 0.5) is 11.4 Å². The second-order valence-electron chi connectivity index (χ2n) is 7.04. The minimum atomic E-state index is -0.693. The Kier molecular flexibility index (Phi) is 6.03. The molecule has 0 bridgehead atoms. The van der Waals surface area contributed by atoms with Gasteiger partial charge in [-0.15, -0.1) is 0 Å². The molecule has 2 amide bonds. The van der Waals surface area contributed by atoms with E-state index in [0.29, 0.717) is 16.6 Å². The first-order valence-electron chi connectivity index (χ1n) is 9.86. The highest BCUT2D eigenvalue weighted by atomic mass is 16.5. The zero-order valence-corrected chi connectivity index (χ0v) is 17.4. The molecular weight excluding hydrogens is 428 g/mol. The molecule has 33 heavy (non-hydrogen) atoms. The Hall–Kier alpha value is -4.66. The van der Waals surface area contributed by atoms with Crippen molar-refractivity contribution < 1.29 is 28.0 Å². The number of para-hydroxylation sites is 1. The first-order valence-corrected chi connectivity index (χ1v) is 9.86. The van der Waals surface area contributed by atoms with Crippen LogP contribution in [0.2, 0.25) is 0 Å². The zero-order chi connectivity index (χ0) is 23.4. The maximum absolute atomic E-state index is 12.8. The zero-order valence-electron chi connectivity index (χ0n) is 17.4. The number of fused-ring (bicyclic) bond motifs is 1. The summed E-state index contributed by atoms with van der Waals surface area (Å²) in [5.74, 6) is -1.37. The fourth-order valence-corrected chi connectivity index (χ4v) is 3.21. The highest BCUT2D eigenvalue weighted by Gasteiger charge is 2.17. The second kappa shape index (κ2) is 9.23. The van der Waals surface area contributed by atoms with Crippen LogP contribution < -0.4 is 16.3 Å². The normalized spacial score (nSPS) is 10.6. The number of amides is 2.